The lowest BCUT2D eigenvalue weighted by atomic mass is 10.1. The van der Waals surface area contributed by atoms with E-state index in [1.807, 2.05) is 17.5 Å². The van der Waals surface area contributed by atoms with E-state index in [2.05, 4.69) is 30.1 Å². The molecule has 1 N–H and O–H groups in total. The molecule has 0 spiro atoms. The van der Waals surface area contributed by atoms with Crippen LogP contribution in [0.15, 0.2) is 35.7 Å². The van der Waals surface area contributed by atoms with Crippen LogP contribution in [0.2, 0.25) is 0 Å². The van der Waals surface area contributed by atoms with Crippen molar-refractivity contribution in [2.45, 2.75) is 6.92 Å². The number of hydrogen-bond acceptors (Lipinski definition) is 2. The molecular formula is C14H11NOS. The predicted molar refractivity (Wildman–Crippen MR) is 71.7 cm³/mol. The van der Waals surface area contributed by atoms with Crippen LogP contribution in [0.4, 0.5) is 0 Å². The zero-order valence-electron chi connectivity index (χ0n) is 9.36. The maximum Gasteiger partial charge on any atom is 0.160 e. The van der Waals surface area contributed by atoms with Gasteiger partial charge in [-0.3, -0.25) is 4.79 Å². The molecule has 0 saturated carbocycles. The number of aromatic amines is 1. The fourth-order valence-corrected chi connectivity index (χ4v) is 2.80. The summed E-state index contributed by atoms with van der Waals surface area (Å²) in [6.07, 6.45) is 0.915. The van der Waals surface area contributed by atoms with Crippen LogP contribution in [0.1, 0.15) is 15.2 Å². The summed E-state index contributed by atoms with van der Waals surface area (Å²) in [6, 6.07) is 10.3. The Balaban J connectivity index is 2.25. The van der Waals surface area contributed by atoms with Gasteiger partial charge in [-0.25, -0.2) is 0 Å². The van der Waals surface area contributed by atoms with Gasteiger partial charge in [0.1, 0.15) is 0 Å². The summed E-state index contributed by atoms with van der Waals surface area (Å²) in [7, 11) is 0. The predicted octanol–water partition coefficient (Wildman–Crippen LogP) is 4.02. The molecule has 0 aliphatic carbocycles. The van der Waals surface area contributed by atoms with Gasteiger partial charge in [-0.05, 0) is 30.0 Å². The van der Waals surface area contributed by atoms with Crippen molar-refractivity contribution < 1.29 is 4.79 Å². The quantitative estimate of drug-likeness (QED) is 0.675. The van der Waals surface area contributed by atoms with Gasteiger partial charge in [0.25, 0.3) is 0 Å². The molecule has 17 heavy (non-hydrogen) atoms. The van der Waals surface area contributed by atoms with E-state index >= 15 is 0 Å². The molecule has 3 rings (SSSR count). The highest BCUT2D eigenvalue weighted by atomic mass is 32.1. The average Bonchev–Trinajstić information content (AvgIpc) is 2.94. The second kappa shape index (κ2) is 3.86. The van der Waals surface area contributed by atoms with Crippen molar-refractivity contribution in [3.05, 3.63) is 46.2 Å². The normalized spacial score (nSPS) is 10.9. The lowest BCUT2D eigenvalue weighted by Gasteiger charge is -1.95. The number of hydrogen-bond donors (Lipinski definition) is 1. The van der Waals surface area contributed by atoms with Crippen molar-refractivity contribution in [1.82, 2.24) is 4.98 Å². The van der Waals surface area contributed by atoms with Crippen LogP contribution < -0.4 is 0 Å². The van der Waals surface area contributed by atoms with E-state index in [0.29, 0.717) is 0 Å². The summed E-state index contributed by atoms with van der Waals surface area (Å²) in [6.45, 7) is 2.08. The maximum absolute atomic E-state index is 10.9. The first-order chi connectivity index (χ1) is 8.29. The average molecular weight is 241 g/mol. The molecule has 0 aliphatic rings. The Morgan fingerprint density at radius 2 is 2.18 bits per heavy atom. The van der Waals surface area contributed by atoms with Crippen LogP contribution in [-0.2, 0) is 0 Å². The van der Waals surface area contributed by atoms with Gasteiger partial charge in [0, 0.05) is 22.2 Å². The van der Waals surface area contributed by atoms with Crippen LogP contribution in [0.5, 0.6) is 0 Å². The van der Waals surface area contributed by atoms with Crippen molar-refractivity contribution in [2.75, 3.05) is 0 Å². The van der Waals surface area contributed by atoms with Crippen molar-refractivity contribution in [2.24, 2.45) is 0 Å². The number of fused-ring (bicyclic) bond motifs is 1. The third-order valence-corrected chi connectivity index (χ3v) is 3.80. The molecule has 0 amide bonds. The monoisotopic (exact) mass is 241 g/mol. The molecule has 3 heteroatoms. The summed E-state index contributed by atoms with van der Waals surface area (Å²) >= 11 is 1.47. The first kappa shape index (κ1) is 10.3. The number of aryl methyl sites for hydroxylation is 1. The van der Waals surface area contributed by atoms with Crippen molar-refractivity contribution in [1.29, 1.82) is 0 Å². The highest BCUT2D eigenvalue weighted by Crippen LogP contribution is 2.30. The van der Waals surface area contributed by atoms with Crippen molar-refractivity contribution in [3.8, 4) is 11.3 Å². The number of H-pyrrole nitrogens is 1. The fourth-order valence-electron chi connectivity index (χ4n) is 2.09. The molecule has 0 fully saturated rings. The van der Waals surface area contributed by atoms with E-state index in [-0.39, 0.29) is 0 Å². The van der Waals surface area contributed by atoms with Crippen LogP contribution in [0.3, 0.4) is 0 Å². The number of para-hydroxylation sites is 1. The number of thiophene rings is 1. The van der Waals surface area contributed by atoms with E-state index in [9.17, 15) is 4.79 Å². The SMILES string of the molecule is Cc1cccc2cc(-c3ccsc3C=O)[nH]c12. The Kier molecular flexibility index (Phi) is 2.34. The van der Waals surface area contributed by atoms with Gasteiger partial charge in [-0.2, -0.15) is 0 Å². The Labute approximate surface area is 103 Å². The van der Waals surface area contributed by atoms with Gasteiger partial charge in [0.05, 0.1) is 4.88 Å². The second-order valence-corrected chi connectivity index (χ2v) is 4.99. The van der Waals surface area contributed by atoms with Gasteiger partial charge in [-0.1, -0.05) is 18.2 Å². The van der Waals surface area contributed by atoms with E-state index in [4.69, 9.17) is 0 Å². The Morgan fingerprint density at radius 1 is 1.29 bits per heavy atom. The summed E-state index contributed by atoms with van der Waals surface area (Å²) in [5.74, 6) is 0. The molecule has 0 radical (unpaired) electrons. The standard InChI is InChI=1S/C14H11NOS/c1-9-3-2-4-10-7-12(15-14(9)10)11-5-6-17-13(11)8-16/h2-8,15H,1H3. The molecule has 0 bridgehead atoms. The lowest BCUT2D eigenvalue weighted by Crippen LogP contribution is -1.80. The first-order valence-corrected chi connectivity index (χ1v) is 6.29. The van der Waals surface area contributed by atoms with Crippen LogP contribution in [-0.4, -0.2) is 11.3 Å². The van der Waals surface area contributed by atoms with Gasteiger partial charge >= 0.3 is 0 Å². The molecular weight excluding hydrogens is 230 g/mol. The van der Waals surface area contributed by atoms with Crippen molar-refractivity contribution in [3.63, 3.8) is 0 Å². The van der Waals surface area contributed by atoms with Crippen molar-refractivity contribution >= 4 is 28.5 Å². The molecule has 1 aromatic carbocycles. The van der Waals surface area contributed by atoms with Crippen LogP contribution in [0.25, 0.3) is 22.2 Å². The molecule has 84 valence electrons. The zero-order valence-corrected chi connectivity index (χ0v) is 10.2. The number of carbonyl (C=O) groups excluding carboxylic acids is 1. The van der Waals surface area contributed by atoms with E-state index in [0.717, 1.165) is 27.9 Å². The Bertz CT molecular complexity index is 693. The molecule has 0 atom stereocenters. The van der Waals surface area contributed by atoms with Crippen LogP contribution >= 0.6 is 11.3 Å². The first-order valence-electron chi connectivity index (χ1n) is 5.41. The third-order valence-electron chi connectivity index (χ3n) is 2.96. The number of carbonyl (C=O) groups is 1. The largest absolute Gasteiger partial charge is 0.354 e. The molecule has 3 aromatic rings. The zero-order chi connectivity index (χ0) is 11.8. The molecule has 2 nitrogen and oxygen atoms in total. The number of benzene rings is 1. The van der Waals surface area contributed by atoms with Gasteiger partial charge in [0.2, 0.25) is 0 Å². The smallest absolute Gasteiger partial charge is 0.160 e. The molecule has 2 aromatic heterocycles. The minimum absolute atomic E-state index is 0.772. The van der Waals surface area contributed by atoms with E-state index in [1.165, 1.54) is 22.3 Å². The topological polar surface area (TPSA) is 32.9 Å². The van der Waals surface area contributed by atoms with Gasteiger partial charge in [-0.15, -0.1) is 11.3 Å². The minimum Gasteiger partial charge on any atom is -0.354 e. The highest BCUT2D eigenvalue weighted by molar-refractivity contribution is 7.12. The summed E-state index contributed by atoms with van der Waals surface area (Å²) in [4.78, 5) is 15.1. The van der Waals surface area contributed by atoms with Crippen LogP contribution in [0, 0.1) is 6.92 Å². The summed E-state index contributed by atoms with van der Waals surface area (Å²) in [5.41, 5.74) is 4.36. The summed E-state index contributed by atoms with van der Waals surface area (Å²) in [5, 5.41) is 3.13. The second-order valence-electron chi connectivity index (χ2n) is 4.04. The lowest BCUT2D eigenvalue weighted by molar-refractivity contribution is 0.112. The minimum atomic E-state index is 0.772. The summed E-state index contributed by atoms with van der Waals surface area (Å²) < 4.78 is 0. The van der Waals surface area contributed by atoms with Gasteiger partial charge < -0.3 is 4.98 Å². The molecule has 0 aliphatic heterocycles. The van der Waals surface area contributed by atoms with E-state index in [1.54, 1.807) is 0 Å². The number of aldehydes is 1. The third kappa shape index (κ3) is 1.59. The number of rotatable bonds is 2. The molecule has 2 heterocycles. The number of aromatic nitrogens is 1. The Hall–Kier alpha value is -1.87. The Morgan fingerprint density at radius 3 is 2.94 bits per heavy atom. The molecule has 0 saturated heterocycles. The number of nitrogens with one attached hydrogen (secondary N) is 1. The maximum atomic E-state index is 10.9. The fraction of sp³-hybridized carbons (Fsp3) is 0.0714. The molecule has 0 unspecified atom stereocenters. The van der Waals surface area contributed by atoms with E-state index < -0.39 is 0 Å². The highest BCUT2D eigenvalue weighted by Gasteiger charge is 2.09. The van der Waals surface area contributed by atoms with Gasteiger partial charge in [0.15, 0.2) is 6.29 Å².